The van der Waals surface area contributed by atoms with Gasteiger partial charge in [-0.05, 0) is 69.7 Å². The van der Waals surface area contributed by atoms with Crippen LogP contribution in [0.25, 0.3) is 95.0 Å². The highest BCUT2D eigenvalue weighted by Crippen LogP contribution is 2.36. The maximum absolute atomic E-state index is 9.71. The van der Waals surface area contributed by atoms with E-state index in [1.807, 2.05) is 109 Å². The molecule has 2 heterocycles. The van der Waals surface area contributed by atoms with Crippen molar-refractivity contribution in [2.75, 3.05) is 0 Å². The Hall–Kier alpha value is -7.43. The van der Waals surface area contributed by atoms with Crippen molar-refractivity contribution in [3.63, 3.8) is 0 Å². The molecule has 8 aromatic carbocycles. The Balaban J connectivity index is 1.18. The Kier molecular flexibility index (Phi) is 5.52. The van der Waals surface area contributed by atoms with Crippen molar-refractivity contribution in [1.82, 2.24) is 19.5 Å². The normalized spacial score (nSPS) is 14.3. The van der Waals surface area contributed by atoms with E-state index in [-0.39, 0.29) is 39.2 Å². The summed E-state index contributed by atoms with van der Waals surface area (Å²) >= 11 is 0. The maximum atomic E-state index is 9.71. The highest BCUT2D eigenvalue weighted by Gasteiger charge is 2.16. The quantitative estimate of drug-likeness (QED) is 0.165. The van der Waals surface area contributed by atoms with Gasteiger partial charge in [0.05, 0.1) is 27.5 Å². The van der Waals surface area contributed by atoms with Gasteiger partial charge in [-0.2, -0.15) is 0 Å². The van der Waals surface area contributed by atoms with Crippen molar-refractivity contribution in [2.24, 2.45) is 0 Å². The van der Waals surface area contributed by atoms with Crippen LogP contribution in [0, 0.1) is 0 Å². The van der Waals surface area contributed by atoms with Gasteiger partial charge in [0.2, 0.25) is 0 Å². The first-order chi connectivity index (χ1) is 32.2. The second-order valence-electron chi connectivity index (χ2n) is 12.8. The molecule has 10 rings (SSSR count). The van der Waals surface area contributed by atoms with Crippen molar-refractivity contribution < 1.29 is 16.4 Å². The second-order valence-corrected chi connectivity index (χ2v) is 12.8. The van der Waals surface area contributed by atoms with Gasteiger partial charge >= 0.3 is 0 Å². The number of fused-ring (bicyclic) bond motifs is 3. The maximum Gasteiger partial charge on any atom is 0.164 e. The number of hydrogen-bond acceptors (Lipinski definition) is 3. The lowest BCUT2D eigenvalue weighted by molar-refractivity contribution is 1.07. The number of nitrogens with zero attached hydrogens (tertiary/aromatic N) is 4. The standard InChI is InChI=1S/C51H34N4/c1-4-13-35(14-5-1)37-23-27-39(28-24-37)49-52-50(40-29-25-38(26-30-40)36-15-6-2-7-16-36)54-51(53-49)43-18-12-17-41(33-43)42-31-32-48-46(34-42)45-21-10-11-22-47(45)55(48)44-19-8-3-9-20-44/h1-34H/i3D,8D,9D,10D,11D,19D,20D,21D,22D,31D,32D,34D. The zero-order chi connectivity index (χ0) is 47.0. The third kappa shape index (κ3) is 6.16. The lowest BCUT2D eigenvalue weighted by Gasteiger charge is -2.11. The molecule has 2 aromatic heterocycles. The first-order valence-corrected chi connectivity index (χ1v) is 17.5. The summed E-state index contributed by atoms with van der Waals surface area (Å²) in [7, 11) is 0. The molecule has 0 N–H and O–H groups in total. The van der Waals surface area contributed by atoms with Crippen molar-refractivity contribution in [3.8, 4) is 73.2 Å². The van der Waals surface area contributed by atoms with Gasteiger partial charge in [0.15, 0.2) is 17.5 Å². The molecule has 0 unspecified atom stereocenters. The van der Waals surface area contributed by atoms with Crippen LogP contribution in [0.1, 0.15) is 16.4 Å². The van der Waals surface area contributed by atoms with Crippen molar-refractivity contribution in [1.29, 1.82) is 0 Å². The van der Waals surface area contributed by atoms with Crippen LogP contribution in [-0.4, -0.2) is 19.5 Å². The molecule has 55 heavy (non-hydrogen) atoms. The van der Waals surface area contributed by atoms with E-state index >= 15 is 0 Å². The first-order valence-electron chi connectivity index (χ1n) is 23.5. The fraction of sp³-hybridized carbons (Fsp3) is 0. The lowest BCUT2D eigenvalue weighted by Crippen LogP contribution is -2.00. The fourth-order valence-corrected chi connectivity index (χ4v) is 6.70. The van der Waals surface area contributed by atoms with Crippen LogP contribution < -0.4 is 0 Å². The molecule has 10 aromatic rings. The molecule has 0 atom stereocenters. The molecule has 0 aliphatic rings. The van der Waals surface area contributed by atoms with Gasteiger partial charge in [-0.25, -0.2) is 15.0 Å². The van der Waals surface area contributed by atoms with Crippen LogP contribution >= 0.6 is 0 Å². The molecule has 0 fully saturated rings. The largest absolute Gasteiger partial charge is 0.309 e. The molecule has 0 aliphatic heterocycles. The van der Waals surface area contributed by atoms with E-state index in [1.165, 1.54) is 0 Å². The Labute approximate surface area is 336 Å². The fourth-order valence-electron chi connectivity index (χ4n) is 6.70. The van der Waals surface area contributed by atoms with Crippen LogP contribution in [0.4, 0.5) is 0 Å². The minimum absolute atomic E-state index is 0.0469. The van der Waals surface area contributed by atoms with Crippen LogP contribution in [0.15, 0.2) is 206 Å². The zero-order valence-electron chi connectivity index (χ0n) is 41.0. The summed E-state index contributed by atoms with van der Waals surface area (Å²) in [5.74, 6) is 1.06. The summed E-state index contributed by atoms with van der Waals surface area (Å²) in [4.78, 5) is 14.8. The molecule has 0 saturated heterocycles. The minimum atomic E-state index is -0.706. The van der Waals surface area contributed by atoms with E-state index < -0.39 is 72.2 Å². The van der Waals surface area contributed by atoms with Crippen LogP contribution in [-0.2, 0) is 0 Å². The molecule has 0 amide bonds. The van der Waals surface area contributed by atoms with E-state index in [2.05, 4.69) is 0 Å². The summed E-state index contributed by atoms with van der Waals surface area (Å²) < 4.78 is 107. The van der Waals surface area contributed by atoms with Gasteiger partial charge in [0.25, 0.3) is 0 Å². The van der Waals surface area contributed by atoms with E-state index in [9.17, 15) is 4.11 Å². The summed E-state index contributed by atoms with van der Waals surface area (Å²) in [5.41, 5.74) is 5.27. The van der Waals surface area contributed by atoms with Gasteiger partial charge in [-0.3, -0.25) is 0 Å². The zero-order valence-corrected chi connectivity index (χ0v) is 29.0. The van der Waals surface area contributed by atoms with E-state index in [4.69, 9.17) is 27.3 Å². The van der Waals surface area contributed by atoms with Crippen LogP contribution in [0.5, 0.6) is 0 Å². The first kappa shape index (κ1) is 21.9. The molecule has 4 nitrogen and oxygen atoms in total. The Bertz CT molecular complexity index is 3510. The number of rotatable bonds is 7. The molecule has 0 bridgehead atoms. The summed E-state index contributed by atoms with van der Waals surface area (Å²) in [6, 6.07) is 35.2. The minimum Gasteiger partial charge on any atom is -0.309 e. The van der Waals surface area contributed by atoms with E-state index in [0.717, 1.165) is 37.9 Å². The molecule has 4 heteroatoms. The van der Waals surface area contributed by atoms with Crippen molar-refractivity contribution >= 4 is 21.8 Å². The van der Waals surface area contributed by atoms with Crippen molar-refractivity contribution in [2.45, 2.75) is 0 Å². The topological polar surface area (TPSA) is 43.6 Å². The van der Waals surface area contributed by atoms with Crippen molar-refractivity contribution in [3.05, 3.63) is 206 Å². The molecular weight excluding hydrogens is 669 g/mol. The molecule has 0 spiro atoms. The van der Waals surface area contributed by atoms with Gasteiger partial charge in [0, 0.05) is 33.2 Å². The number of aromatic nitrogens is 4. The average Bonchev–Trinajstić information content (AvgIpc) is 3.72. The predicted molar refractivity (Wildman–Crippen MR) is 227 cm³/mol. The number of benzene rings is 8. The Morgan fingerprint density at radius 3 is 1.44 bits per heavy atom. The van der Waals surface area contributed by atoms with E-state index in [0.29, 0.717) is 22.8 Å². The van der Waals surface area contributed by atoms with Crippen LogP contribution in [0.3, 0.4) is 0 Å². The number of hydrogen-bond donors (Lipinski definition) is 0. The lowest BCUT2D eigenvalue weighted by atomic mass is 10.0. The molecule has 0 radical (unpaired) electrons. The molecule has 0 aliphatic carbocycles. The molecule has 0 saturated carbocycles. The van der Waals surface area contributed by atoms with Gasteiger partial charge < -0.3 is 4.57 Å². The third-order valence-electron chi connectivity index (χ3n) is 9.41. The highest BCUT2D eigenvalue weighted by molar-refractivity contribution is 6.10. The monoisotopic (exact) mass is 714 g/mol. The van der Waals surface area contributed by atoms with Gasteiger partial charge in [-0.1, -0.05) is 170 Å². The Morgan fingerprint density at radius 2 is 0.818 bits per heavy atom. The second kappa shape index (κ2) is 13.8. The molecule has 258 valence electrons. The average molecular weight is 715 g/mol. The third-order valence-corrected chi connectivity index (χ3v) is 9.41. The van der Waals surface area contributed by atoms with Crippen LogP contribution in [0.2, 0.25) is 0 Å². The van der Waals surface area contributed by atoms with E-state index in [1.54, 1.807) is 24.3 Å². The SMILES string of the molecule is [2H]c1c([2H])c([2H])c(-n2c3c([2H])c([2H])c([2H])c([2H])c3c3c([2H])c(-c4cccc(-c5nc(-c6ccc(-c7ccccc7)cc6)nc(-c6ccc(-c7ccccc7)cc6)n5)c4)c([2H])c([2H])c32)c([2H])c1[2H]. The summed E-state index contributed by atoms with van der Waals surface area (Å²) in [6.07, 6.45) is 0. The predicted octanol–water partition coefficient (Wildman–Crippen LogP) is 13.0. The number of para-hydroxylation sites is 2. The Morgan fingerprint density at radius 1 is 0.345 bits per heavy atom. The molecular formula is C51H34N4. The van der Waals surface area contributed by atoms with Gasteiger partial charge in [0.1, 0.15) is 0 Å². The summed E-state index contributed by atoms with van der Waals surface area (Å²) in [6.45, 7) is 0. The highest BCUT2D eigenvalue weighted by atomic mass is 15.0. The van der Waals surface area contributed by atoms with Gasteiger partial charge in [-0.15, -0.1) is 0 Å². The smallest absolute Gasteiger partial charge is 0.164 e. The summed E-state index contributed by atoms with van der Waals surface area (Å²) in [5, 5.41) is -0.357.